The van der Waals surface area contributed by atoms with Crippen LogP contribution >= 0.6 is 0 Å². The van der Waals surface area contributed by atoms with E-state index in [4.69, 9.17) is 0 Å². The van der Waals surface area contributed by atoms with Crippen molar-refractivity contribution in [1.29, 1.82) is 0 Å². The zero-order valence-corrected chi connectivity index (χ0v) is 12.7. The molecule has 1 aliphatic heterocycles. The van der Waals surface area contributed by atoms with Crippen LogP contribution in [0.3, 0.4) is 0 Å². The second-order valence-electron chi connectivity index (χ2n) is 6.13. The fourth-order valence-electron chi connectivity index (χ4n) is 3.15. The Hall–Kier alpha value is -2.37. The number of carboxylic acid groups (broad SMARTS) is 1. The molecular formula is C16H19N3O3. The van der Waals surface area contributed by atoms with E-state index in [0.29, 0.717) is 30.0 Å². The van der Waals surface area contributed by atoms with Crippen molar-refractivity contribution in [3.05, 3.63) is 29.5 Å². The van der Waals surface area contributed by atoms with E-state index in [1.165, 1.54) is 4.90 Å². The summed E-state index contributed by atoms with van der Waals surface area (Å²) in [5, 5.41) is 17.1. The number of benzene rings is 1. The zero-order valence-electron chi connectivity index (χ0n) is 12.7. The molecule has 2 unspecified atom stereocenters. The number of fused-ring (bicyclic) bond motifs is 1. The van der Waals surface area contributed by atoms with Gasteiger partial charge in [-0.15, -0.1) is 0 Å². The van der Waals surface area contributed by atoms with Crippen molar-refractivity contribution >= 4 is 22.8 Å². The summed E-state index contributed by atoms with van der Waals surface area (Å²) in [6, 6.07) is 2.98. The molecule has 0 bridgehead atoms. The second-order valence-corrected chi connectivity index (χ2v) is 6.13. The molecule has 2 atom stereocenters. The van der Waals surface area contributed by atoms with E-state index in [-0.39, 0.29) is 5.91 Å². The van der Waals surface area contributed by atoms with Gasteiger partial charge in [0.2, 0.25) is 0 Å². The molecule has 6 heteroatoms. The SMILES string of the molecule is Cc1cc(C(=O)N2CCC(C)CC2C(=O)O)c2[nH]ncc2c1. The van der Waals surface area contributed by atoms with Crippen LogP contribution in [-0.2, 0) is 4.79 Å². The number of carbonyl (C=O) groups is 2. The Kier molecular flexibility index (Phi) is 3.60. The summed E-state index contributed by atoms with van der Waals surface area (Å²) in [6.45, 7) is 4.41. The Morgan fingerprint density at radius 3 is 2.91 bits per heavy atom. The number of aromatic amines is 1. The number of nitrogens with zero attached hydrogens (tertiary/aromatic N) is 2. The molecule has 1 aromatic carbocycles. The fourth-order valence-corrected chi connectivity index (χ4v) is 3.15. The first-order valence-corrected chi connectivity index (χ1v) is 7.45. The molecule has 6 nitrogen and oxygen atoms in total. The number of aryl methyl sites for hydroxylation is 1. The van der Waals surface area contributed by atoms with Crippen LogP contribution in [0, 0.1) is 12.8 Å². The van der Waals surface area contributed by atoms with E-state index in [1.807, 2.05) is 19.9 Å². The Morgan fingerprint density at radius 1 is 1.41 bits per heavy atom. The molecule has 1 aliphatic rings. The Morgan fingerprint density at radius 2 is 2.18 bits per heavy atom. The number of H-pyrrole nitrogens is 1. The van der Waals surface area contributed by atoms with Gasteiger partial charge in [0.25, 0.3) is 5.91 Å². The predicted octanol–water partition coefficient (Wildman–Crippen LogP) is 2.20. The van der Waals surface area contributed by atoms with Crippen LogP contribution in [0.1, 0.15) is 35.7 Å². The number of aliphatic carboxylic acids is 1. The second kappa shape index (κ2) is 5.44. The van der Waals surface area contributed by atoms with Crippen molar-refractivity contribution in [1.82, 2.24) is 15.1 Å². The third-order valence-corrected chi connectivity index (χ3v) is 4.33. The van der Waals surface area contributed by atoms with Crippen molar-refractivity contribution in [2.24, 2.45) is 5.92 Å². The lowest BCUT2D eigenvalue weighted by Gasteiger charge is -2.36. The van der Waals surface area contributed by atoms with Gasteiger partial charge in [-0.2, -0.15) is 5.10 Å². The molecule has 2 aromatic rings. The van der Waals surface area contributed by atoms with E-state index in [0.717, 1.165) is 17.4 Å². The highest BCUT2D eigenvalue weighted by molar-refractivity contribution is 6.06. The van der Waals surface area contributed by atoms with Gasteiger partial charge in [0.05, 0.1) is 17.3 Å². The summed E-state index contributed by atoms with van der Waals surface area (Å²) in [6.07, 6.45) is 3.00. The van der Waals surface area contributed by atoms with Gasteiger partial charge in [-0.05, 0) is 43.4 Å². The number of rotatable bonds is 2. The van der Waals surface area contributed by atoms with Crippen LogP contribution < -0.4 is 0 Å². The molecule has 2 N–H and O–H groups in total. The van der Waals surface area contributed by atoms with Gasteiger partial charge >= 0.3 is 5.97 Å². The number of carbonyl (C=O) groups excluding carboxylic acids is 1. The lowest BCUT2D eigenvalue weighted by atomic mass is 9.91. The molecule has 0 radical (unpaired) electrons. The molecule has 116 valence electrons. The normalized spacial score (nSPS) is 22.0. The molecule has 0 spiro atoms. The largest absolute Gasteiger partial charge is 0.480 e. The summed E-state index contributed by atoms with van der Waals surface area (Å²) >= 11 is 0. The maximum absolute atomic E-state index is 12.9. The number of aromatic nitrogens is 2. The van der Waals surface area contributed by atoms with E-state index in [2.05, 4.69) is 10.2 Å². The van der Waals surface area contributed by atoms with E-state index >= 15 is 0 Å². The summed E-state index contributed by atoms with van der Waals surface area (Å²) in [5.74, 6) is -0.861. The third-order valence-electron chi connectivity index (χ3n) is 4.33. The number of hydrogen-bond donors (Lipinski definition) is 2. The van der Waals surface area contributed by atoms with E-state index < -0.39 is 12.0 Å². The first-order valence-electron chi connectivity index (χ1n) is 7.45. The number of hydrogen-bond acceptors (Lipinski definition) is 3. The van der Waals surface area contributed by atoms with Gasteiger partial charge < -0.3 is 10.0 Å². The molecule has 0 saturated carbocycles. The maximum atomic E-state index is 12.9. The van der Waals surface area contributed by atoms with Crippen molar-refractivity contribution < 1.29 is 14.7 Å². The van der Waals surface area contributed by atoms with Gasteiger partial charge in [0.1, 0.15) is 6.04 Å². The average molecular weight is 301 g/mol. The monoisotopic (exact) mass is 301 g/mol. The molecule has 0 aliphatic carbocycles. The standard InChI is InChI=1S/C16H19N3O3/c1-9-3-4-19(13(7-9)16(21)22)15(20)12-6-10(2)5-11-8-17-18-14(11)12/h5-6,8-9,13H,3-4,7H2,1-2H3,(H,17,18)(H,21,22). The highest BCUT2D eigenvalue weighted by Crippen LogP contribution is 2.27. The average Bonchev–Trinajstić information content (AvgIpc) is 2.93. The van der Waals surface area contributed by atoms with Crippen molar-refractivity contribution in [3.63, 3.8) is 0 Å². The smallest absolute Gasteiger partial charge is 0.326 e. The summed E-state index contributed by atoms with van der Waals surface area (Å²) in [7, 11) is 0. The molecule has 2 heterocycles. The van der Waals surface area contributed by atoms with Crippen molar-refractivity contribution in [2.75, 3.05) is 6.54 Å². The lowest BCUT2D eigenvalue weighted by molar-refractivity contribution is -0.144. The van der Waals surface area contributed by atoms with Crippen LogP contribution in [0.2, 0.25) is 0 Å². The van der Waals surface area contributed by atoms with Gasteiger partial charge in [0.15, 0.2) is 0 Å². The Balaban J connectivity index is 2.01. The van der Waals surface area contributed by atoms with Crippen LogP contribution in [0.25, 0.3) is 10.9 Å². The van der Waals surface area contributed by atoms with Crippen LogP contribution in [0.4, 0.5) is 0 Å². The van der Waals surface area contributed by atoms with E-state index in [1.54, 1.807) is 12.3 Å². The molecule has 1 aromatic heterocycles. The van der Waals surface area contributed by atoms with Gasteiger partial charge in [-0.1, -0.05) is 6.92 Å². The molecule has 1 saturated heterocycles. The topological polar surface area (TPSA) is 86.3 Å². The van der Waals surface area contributed by atoms with E-state index in [9.17, 15) is 14.7 Å². The third kappa shape index (κ3) is 2.45. The first kappa shape index (κ1) is 14.6. The van der Waals surface area contributed by atoms with Gasteiger partial charge in [0, 0.05) is 11.9 Å². The van der Waals surface area contributed by atoms with Gasteiger partial charge in [-0.3, -0.25) is 9.89 Å². The summed E-state index contributed by atoms with van der Waals surface area (Å²) in [4.78, 5) is 25.9. The Labute approximate surface area is 128 Å². The minimum Gasteiger partial charge on any atom is -0.480 e. The number of likely N-dealkylation sites (tertiary alicyclic amines) is 1. The summed E-state index contributed by atoms with van der Waals surface area (Å²) < 4.78 is 0. The lowest BCUT2D eigenvalue weighted by Crippen LogP contribution is -2.49. The van der Waals surface area contributed by atoms with Crippen molar-refractivity contribution in [3.8, 4) is 0 Å². The number of piperidine rings is 1. The summed E-state index contributed by atoms with van der Waals surface area (Å²) in [5.41, 5.74) is 2.11. The molecule has 1 fully saturated rings. The zero-order chi connectivity index (χ0) is 15.9. The molecule has 3 rings (SSSR count). The molecule has 1 amide bonds. The first-order chi connectivity index (χ1) is 10.5. The minimum atomic E-state index is -0.937. The molecular weight excluding hydrogens is 282 g/mol. The minimum absolute atomic E-state index is 0.239. The Bertz CT molecular complexity index is 737. The fraction of sp³-hybridized carbons (Fsp3) is 0.438. The molecule has 22 heavy (non-hydrogen) atoms. The van der Waals surface area contributed by atoms with Crippen LogP contribution in [0.5, 0.6) is 0 Å². The predicted molar refractivity (Wildman–Crippen MR) is 81.7 cm³/mol. The van der Waals surface area contributed by atoms with Crippen molar-refractivity contribution in [2.45, 2.75) is 32.7 Å². The highest BCUT2D eigenvalue weighted by atomic mass is 16.4. The quantitative estimate of drug-likeness (QED) is 0.890. The highest BCUT2D eigenvalue weighted by Gasteiger charge is 2.35. The van der Waals surface area contributed by atoms with Crippen LogP contribution in [-0.4, -0.2) is 44.7 Å². The maximum Gasteiger partial charge on any atom is 0.326 e. The van der Waals surface area contributed by atoms with Gasteiger partial charge in [-0.25, -0.2) is 4.79 Å². The number of amides is 1. The number of carboxylic acids is 1. The van der Waals surface area contributed by atoms with Crippen LogP contribution in [0.15, 0.2) is 18.3 Å². The number of nitrogens with one attached hydrogen (secondary N) is 1.